The molecule has 14 heavy (non-hydrogen) atoms. The van der Waals surface area contributed by atoms with Gasteiger partial charge in [-0.3, -0.25) is 9.59 Å². The van der Waals surface area contributed by atoms with Gasteiger partial charge in [-0.2, -0.15) is 0 Å². The molecule has 3 atom stereocenters. The minimum Gasteiger partial charge on any atom is -0.481 e. The van der Waals surface area contributed by atoms with Crippen molar-refractivity contribution in [3.8, 4) is 0 Å². The smallest absolute Gasteiger partial charge is 0.310 e. The molecule has 1 aliphatic carbocycles. The van der Waals surface area contributed by atoms with Gasteiger partial charge in [-0.25, -0.2) is 0 Å². The molecule has 1 aliphatic rings. The molecule has 4 heteroatoms. The Bertz CT molecular complexity index is 261. The van der Waals surface area contributed by atoms with E-state index in [1.807, 2.05) is 6.92 Å². The van der Waals surface area contributed by atoms with Crippen molar-refractivity contribution in [1.82, 2.24) is 0 Å². The lowest BCUT2D eigenvalue weighted by atomic mass is 9.61. The van der Waals surface area contributed by atoms with E-state index in [0.29, 0.717) is 6.42 Å². The topological polar surface area (TPSA) is 74.6 Å². The van der Waals surface area contributed by atoms with Crippen LogP contribution in [0, 0.1) is 17.3 Å². The number of carbonyl (C=O) groups is 2. The van der Waals surface area contributed by atoms with Crippen LogP contribution in [0.1, 0.15) is 33.1 Å². The predicted molar refractivity (Wildman–Crippen MR) is 49.9 cm³/mol. The Morgan fingerprint density at radius 2 is 1.86 bits per heavy atom. The van der Waals surface area contributed by atoms with Crippen LogP contribution in [0.2, 0.25) is 0 Å². The second-order valence-corrected chi connectivity index (χ2v) is 4.31. The molecular weight excluding hydrogens is 184 g/mol. The normalized spacial score (nSPS) is 37.9. The van der Waals surface area contributed by atoms with Crippen LogP contribution < -0.4 is 0 Å². The third-order valence-electron chi connectivity index (χ3n) is 3.64. The molecule has 3 unspecified atom stereocenters. The maximum absolute atomic E-state index is 11.1. The summed E-state index contributed by atoms with van der Waals surface area (Å²) in [5.41, 5.74) is -1.11. The first kappa shape index (κ1) is 11.0. The molecule has 0 aromatic carbocycles. The van der Waals surface area contributed by atoms with Gasteiger partial charge in [0.15, 0.2) is 0 Å². The van der Waals surface area contributed by atoms with Crippen molar-refractivity contribution in [3.63, 3.8) is 0 Å². The van der Waals surface area contributed by atoms with Gasteiger partial charge in [0.05, 0.1) is 11.3 Å². The van der Waals surface area contributed by atoms with E-state index >= 15 is 0 Å². The number of hydrogen-bond donors (Lipinski definition) is 2. The summed E-state index contributed by atoms with van der Waals surface area (Å²) in [5, 5.41) is 18.1. The third kappa shape index (κ3) is 1.49. The summed E-state index contributed by atoms with van der Waals surface area (Å²) in [7, 11) is 0. The molecule has 0 aromatic rings. The van der Waals surface area contributed by atoms with E-state index in [-0.39, 0.29) is 5.92 Å². The maximum atomic E-state index is 11.1. The van der Waals surface area contributed by atoms with E-state index in [1.165, 1.54) is 0 Å². The number of carboxylic acids is 2. The molecule has 0 saturated heterocycles. The van der Waals surface area contributed by atoms with Crippen molar-refractivity contribution < 1.29 is 19.8 Å². The van der Waals surface area contributed by atoms with Crippen LogP contribution in [0.15, 0.2) is 0 Å². The van der Waals surface area contributed by atoms with Crippen LogP contribution in [0.25, 0.3) is 0 Å². The third-order valence-corrected chi connectivity index (χ3v) is 3.64. The van der Waals surface area contributed by atoms with Crippen LogP contribution in [-0.2, 0) is 9.59 Å². The minimum atomic E-state index is -1.11. The Kier molecular flexibility index (Phi) is 2.83. The molecule has 0 aromatic heterocycles. The predicted octanol–water partition coefficient (Wildman–Crippen LogP) is 1.60. The van der Waals surface area contributed by atoms with Crippen molar-refractivity contribution in [2.45, 2.75) is 33.1 Å². The molecule has 4 nitrogen and oxygen atoms in total. The summed E-state index contributed by atoms with van der Waals surface area (Å²) in [4.78, 5) is 22.1. The van der Waals surface area contributed by atoms with Crippen molar-refractivity contribution in [2.24, 2.45) is 17.3 Å². The molecule has 1 saturated carbocycles. The van der Waals surface area contributed by atoms with Crippen LogP contribution in [0.3, 0.4) is 0 Å². The zero-order chi connectivity index (χ0) is 10.9. The van der Waals surface area contributed by atoms with Gasteiger partial charge in [0.1, 0.15) is 0 Å². The van der Waals surface area contributed by atoms with Gasteiger partial charge in [-0.15, -0.1) is 0 Å². The molecule has 80 valence electrons. The zero-order valence-corrected chi connectivity index (χ0v) is 8.49. The summed E-state index contributed by atoms with van der Waals surface area (Å²) in [5.74, 6) is -2.79. The van der Waals surface area contributed by atoms with E-state index in [4.69, 9.17) is 10.2 Å². The van der Waals surface area contributed by atoms with Gasteiger partial charge in [0, 0.05) is 0 Å². The van der Waals surface area contributed by atoms with Crippen LogP contribution in [0.4, 0.5) is 0 Å². The number of hydrogen-bond acceptors (Lipinski definition) is 2. The SMILES string of the molecule is CC1CCCC(C(=O)O)C1(C)C(=O)O. The summed E-state index contributed by atoms with van der Waals surface area (Å²) in [6.07, 6.45) is 2.08. The van der Waals surface area contributed by atoms with Gasteiger partial charge >= 0.3 is 11.9 Å². The molecule has 1 fully saturated rings. The molecule has 0 amide bonds. The first-order valence-corrected chi connectivity index (χ1v) is 4.87. The highest BCUT2D eigenvalue weighted by atomic mass is 16.4. The first-order valence-electron chi connectivity index (χ1n) is 4.87. The fraction of sp³-hybridized carbons (Fsp3) is 0.800. The Balaban J connectivity index is 3.03. The van der Waals surface area contributed by atoms with Gasteiger partial charge in [-0.1, -0.05) is 13.3 Å². The molecule has 0 bridgehead atoms. The Labute approximate surface area is 82.9 Å². The fourth-order valence-corrected chi connectivity index (χ4v) is 2.31. The number of aliphatic carboxylic acids is 2. The summed E-state index contributed by atoms with van der Waals surface area (Å²) in [6.45, 7) is 3.38. The Morgan fingerprint density at radius 1 is 1.29 bits per heavy atom. The average Bonchev–Trinajstić information content (AvgIpc) is 2.08. The van der Waals surface area contributed by atoms with Crippen LogP contribution in [0.5, 0.6) is 0 Å². The van der Waals surface area contributed by atoms with Crippen molar-refractivity contribution in [2.75, 3.05) is 0 Å². The van der Waals surface area contributed by atoms with Gasteiger partial charge in [-0.05, 0) is 25.7 Å². The van der Waals surface area contributed by atoms with Gasteiger partial charge < -0.3 is 10.2 Å². The van der Waals surface area contributed by atoms with E-state index in [1.54, 1.807) is 6.92 Å². The Hall–Kier alpha value is -1.06. The van der Waals surface area contributed by atoms with Gasteiger partial charge in [0.2, 0.25) is 0 Å². The van der Waals surface area contributed by atoms with Crippen LogP contribution in [-0.4, -0.2) is 22.2 Å². The molecule has 0 aliphatic heterocycles. The molecule has 0 radical (unpaired) electrons. The maximum Gasteiger partial charge on any atom is 0.310 e. The largest absolute Gasteiger partial charge is 0.481 e. The minimum absolute atomic E-state index is 0.0742. The van der Waals surface area contributed by atoms with E-state index in [2.05, 4.69) is 0 Å². The molecule has 0 spiro atoms. The fourth-order valence-electron chi connectivity index (χ4n) is 2.31. The molecule has 1 rings (SSSR count). The highest BCUT2D eigenvalue weighted by Gasteiger charge is 2.51. The average molecular weight is 200 g/mol. The number of rotatable bonds is 2. The highest BCUT2D eigenvalue weighted by molar-refractivity contribution is 5.83. The Morgan fingerprint density at radius 3 is 2.21 bits per heavy atom. The second kappa shape index (κ2) is 3.59. The lowest BCUT2D eigenvalue weighted by Gasteiger charge is -2.40. The standard InChI is InChI=1S/C10H16O4/c1-6-4-3-5-7(8(11)12)10(6,2)9(13)14/h6-7H,3-5H2,1-2H3,(H,11,12)(H,13,14). The molecular formula is C10H16O4. The summed E-state index contributed by atoms with van der Waals surface area (Å²) in [6, 6.07) is 0. The van der Waals surface area contributed by atoms with Gasteiger partial charge in [0.25, 0.3) is 0 Å². The first-order chi connectivity index (χ1) is 6.40. The van der Waals surface area contributed by atoms with Crippen molar-refractivity contribution in [1.29, 1.82) is 0 Å². The quantitative estimate of drug-likeness (QED) is 0.710. The lowest BCUT2D eigenvalue weighted by molar-refractivity contribution is -0.168. The summed E-state index contributed by atoms with van der Waals surface area (Å²) >= 11 is 0. The van der Waals surface area contributed by atoms with E-state index in [0.717, 1.165) is 12.8 Å². The lowest BCUT2D eigenvalue weighted by Crippen LogP contribution is -2.47. The van der Waals surface area contributed by atoms with Crippen LogP contribution >= 0.6 is 0 Å². The van der Waals surface area contributed by atoms with Crippen molar-refractivity contribution in [3.05, 3.63) is 0 Å². The second-order valence-electron chi connectivity index (χ2n) is 4.31. The number of carboxylic acid groups (broad SMARTS) is 2. The highest BCUT2D eigenvalue weighted by Crippen LogP contribution is 2.45. The van der Waals surface area contributed by atoms with E-state index < -0.39 is 23.3 Å². The van der Waals surface area contributed by atoms with Crippen molar-refractivity contribution >= 4 is 11.9 Å². The van der Waals surface area contributed by atoms with E-state index in [9.17, 15) is 9.59 Å². The zero-order valence-electron chi connectivity index (χ0n) is 8.49. The monoisotopic (exact) mass is 200 g/mol. The molecule has 0 heterocycles. The molecule has 2 N–H and O–H groups in total. The summed E-state index contributed by atoms with van der Waals surface area (Å²) < 4.78 is 0.